The zero-order valence-electron chi connectivity index (χ0n) is 20.3. The average molecular weight is 536 g/mol. The SMILES string of the molecule is O=C(OCc1ccccc1)N1CCC(N(c2c([N+](=O)[O-])cnc3[nH]ccc23)S(=O)(=O)c2ccccc2)CC1. The van der Waals surface area contributed by atoms with Gasteiger partial charge in [-0.3, -0.25) is 14.4 Å². The Balaban J connectivity index is 1.46. The second kappa shape index (κ2) is 10.5. The number of ether oxygens (including phenoxy) is 1. The first-order valence-electron chi connectivity index (χ1n) is 12.0. The molecule has 1 aliphatic rings. The molecule has 0 bridgehead atoms. The topological polar surface area (TPSA) is 139 Å². The van der Waals surface area contributed by atoms with Gasteiger partial charge in [-0.25, -0.2) is 18.2 Å². The quantitative estimate of drug-likeness (QED) is 0.272. The van der Waals surface area contributed by atoms with Crippen molar-refractivity contribution in [1.29, 1.82) is 0 Å². The molecule has 12 heteroatoms. The van der Waals surface area contributed by atoms with E-state index in [-0.39, 0.29) is 43.1 Å². The lowest BCUT2D eigenvalue weighted by molar-refractivity contribution is -0.384. The number of aromatic nitrogens is 2. The molecule has 0 unspecified atom stereocenters. The van der Waals surface area contributed by atoms with E-state index < -0.39 is 32.8 Å². The predicted molar refractivity (Wildman–Crippen MR) is 140 cm³/mol. The molecule has 3 heterocycles. The van der Waals surface area contributed by atoms with Gasteiger partial charge in [-0.15, -0.1) is 0 Å². The Morgan fingerprint density at radius 3 is 2.39 bits per heavy atom. The van der Waals surface area contributed by atoms with E-state index >= 15 is 0 Å². The summed E-state index contributed by atoms with van der Waals surface area (Å²) in [6, 6.07) is 18.1. The van der Waals surface area contributed by atoms with Crippen LogP contribution in [0.1, 0.15) is 18.4 Å². The van der Waals surface area contributed by atoms with Crippen LogP contribution in [0, 0.1) is 10.1 Å². The summed E-state index contributed by atoms with van der Waals surface area (Å²) in [4.78, 5) is 32.6. The minimum Gasteiger partial charge on any atom is -0.445 e. The number of carbonyl (C=O) groups is 1. The molecule has 2 aromatic heterocycles. The fourth-order valence-corrected chi connectivity index (χ4v) is 6.41. The van der Waals surface area contributed by atoms with Gasteiger partial charge < -0.3 is 14.6 Å². The second-order valence-electron chi connectivity index (χ2n) is 8.86. The van der Waals surface area contributed by atoms with Crippen LogP contribution >= 0.6 is 0 Å². The van der Waals surface area contributed by atoms with E-state index in [1.807, 2.05) is 30.3 Å². The summed E-state index contributed by atoms with van der Waals surface area (Å²) in [5, 5.41) is 12.4. The number of nitrogens with zero attached hydrogens (tertiary/aromatic N) is 4. The van der Waals surface area contributed by atoms with E-state index in [2.05, 4.69) is 9.97 Å². The first kappa shape index (κ1) is 25.2. The summed E-state index contributed by atoms with van der Waals surface area (Å²) in [6.07, 6.45) is 2.66. The van der Waals surface area contributed by atoms with Crippen molar-refractivity contribution in [3.05, 3.63) is 94.8 Å². The number of anilines is 1. The van der Waals surface area contributed by atoms with Crippen LogP contribution < -0.4 is 4.31 Å². The maximum atomic E-state index is 14.0. The van der Waals surface area contributed by atoms with Crippen LogP contribution in [0.2, 0.25) is 0 Å². The number of aromatic amines is 1. The second-order valence-corrected chi connectivity index (χ2v) is 10.7. The Morgan fingerprint density at radius 2 is 1.74 bits per heavy atom. The molecule has 0 saturated carbocycles. The van der Waals surface area contributed by atoms with Crippen molar-refractivity contribution in [2.45, 2.75) is 30.4 Å². The van der Waals surface area contributed by atoms with Gasteiger partial charge >= 0.3 is 11.8 Å². The molecule has 196 valence electrons. The van der Waals surface area contributed by atoms with Gasteiger partial charge in [-0.05, 0) is 36.6 Å². The van der Waals surface area contributed by atoms with Crippen LogP contribution in [-0.2, 0) is 21.4 Å². The molecular formula is C26H25N5O6S. The molecule has 1 aliphatic heterocycles. The number of amides is 1. The highest BCUT2D eigenvalue weighted by Crippen LogP contribution is 2.40. The lowest BCUT2D eigenvalue weighted by Crippen LogP contribution is -2.49. The van der Waals surface area contributed by atoms with Crippen LogP contribution in [0.3, 0.4) is 0 Å². The first-order valence-corrected chi connectivity index (χ1v) is 13.5. The Bertz CT molecular complexity index is 1550. The molecule has 11 nitrogen and oxygen atoms in total. The van der Waals surface area contributed by atoms with Crippen molar-refractivity contribution in [1.82, 2.24) is 14.9 Å². The van der Waals surface area contributed by atoms with E-state index in [1.165, 1.54) is 17.0 Å². The van der Waals surface area contributed by atoms with Gasteiger partial charge in [-0.2, -0.15) is 0 Å². The molecule has 0 atom stereocenters. The summed E-state index contributed by atoms with van der Waals surface area (Å²) in [5.41, 5.74) is 0.730. The first-order chi connectivity index (χ1) is 18.4. The minimum atomic E-state index is -4.21. The third-order valence-corrected chi connectivity index (χ3v) is 8.38. The van der Waals surface area contributed by atoms with E-state index in [1.54, 1.807) is 30.5 Å². The van der Waals surface area contributed by atoms with Gasteiger partial charge in [-0.1, -0.05) is 48.5 Å². The zero-order valence-corrected chi connectivity index (χ0v) is 21.1. The number of piperidine rings is 1. The van der Waals surface area contributed by atoms with Crippen LogP contribution in [0.5, 0.6) is 0 Å². The molecule has 0 aliphatic carbocycles. The fraction of sp³-hybridized carbons (Fsp3) is 0.231. The normalized spacial score (nSPS) is 14.4. The molecule has 1 N–H and O–H groups in total. The molecule has 38 heavy (non-hydrogen) atoms. The Kier molecular flexibility index (Phi) is 6.97. The van der Waals surface area contributed by atoms with Gasteiger partial charge in [0.15, 0.2) is 0 Å². The number of fused-ring (bicyclic) bond motifs is 1. The number of likely N-dealkylation sites (tertiary alicyclic amines) is 1. The minimum absolute atomic E-state index is 0.0134. The van der Waals surface area contributed by atoms with Crippen molar-refractivity contribution < 1.29 is 22.9 Å². The summed E-state index contributed by atoms with van der Waals surface area (Å²) >= 11 is 0. The number of rotatable bonds is 7. The van der Waals surface area contributed by atoms with Gasteiger partial charge in [0.25, 0.3) is 10.0 Å². The number of carbonyl (C=O) groups excluding carboxylic acids is 1. The fourth-order valence-electron chi connectivity index (χ4n) is 4.65. The number of hydrogen-bond acceptors (Lipinski definition) is 7. The summed E-state index contributed by atoms with van der Waals surface area (Å²) in [6.45, 7) is 0.589. The number of hydrogen-bond donors (Lipinski definition) is 1. The highest BCUT2D eigenvalue weighted by Gasteiger charge is 2.40. The van der Waals surface area contributed by atoms with E-state index in [9.17, 15) is 23.3 Å². The summed E-state index contributed by atoms with van der Waals surface area (Å²) in [5.74, 6) is 0. The van der Waals surface area contributed by atoms with Gasteiger partial charge in [0.2, 0.25) is 0 Å². The van der Waals surface area contributed by atoms with Crippen molar-refractivity contribution >= 4 is 38.5 Å². The average Bonchev–Trinajstić information content (AvgIpc) is 3.42. The summed E-state index contributed by atoms with van der Waals surface area (Å²) in [7, 11) is -4.21. The third-order valence-electron chi connectivity index (χ3n) is 6.52. The smallest absolute Gasteiger partial charge is 0.410 e. The van der Waals surface area contributed by atoms with Crippen molar-refractivity contribution in [2.75, 3.05) is 17.4 Å². The number of sulfonamides is 1. The largest absolute Gasteiger partial charge is 0.445 e. The maximum Gasteiger partial charge on any atom is 0.410 e. The number of nitrogens with one attached hydrogen (secondary N) is 1. The Labute approximate surface area is 218 Å². The van der Waals surface area contributed by atoms with Gasteiger partial charge in [0, 0.05) is 25.3 Å². The number of benzene rings is 2. The molecule has 4 aromatic rings. The van der Waals surface area contributed by atoms with Crippen LogP contribution in [-0.4, -0.2) is 53.4 Å². The summed E-state index contributed by atoms with van der Waals surface area (Å²) < 4.78 is 34.6. The number of nitro groups is 1. The molecule has 0 spiro atoms. The Hall–Kier alpha value is -4.45. The zero-order chi connectivity index (χ0) is 26.7. The standard InChI is InChI=1S/C26H25N5O6S/c32-26(37-18-19-7-3-1-4-8-19)29-15-12-20(13-16-29)30(38(35,36)21-9-5-2-6-10-21)24-22-11-14-27-25(22)28-17-23(24)31(33)34/h1-11,14,17,20H,12-13,15-16,18H2,(H,27,28). The molecule has 1 amide bonds. The highest BCUT2D eigenvalue weighted by molar-refractivity contribution is 7.93. The lowest BCUT2D eigenvalue weighted by Gasteiger charge is -2.38. The molecule has 1 saturated heterocycles. The monoisotopic (exact) mass is 535 g/mol. The lowest BCUT2D eigenvalue weighted by atomic mass is 10.0. The van der Waals surface area contributed by atoms with Crippen molar-refractivity contribution in [2.24, 2.45) is 0 Å². The molecule has 0 radical (unpaired) electrons. The van der Waals surface area contributed by atoms with Gasteiger partial charge in [0.1, 0.15) is 24.1 Å². The van der Waals surface area contributed by atoms with Gasteiger partial charge in [0.05, 0.1) is 15.2 Å². The number of H-pyrrole nitrogens is 1. The molecule has 5 rings (SSSR count). The van der Waals surface area contributed by atoms with Crippen LogP contribution in [0.25, 0.3) is 11.0 Å². The maximum absolute atomic E-state index is 14.0. The van der Waals surface area contributed by atoms with Crippen LogP contribution in [0.4, 0.5) is 16.2 Å². The Morgan fingerprint density at radius 1 is 1.08 bits per heavy atom. The van der Waals surface area contributed by atoms with E-state index in [0.29, 0.717) is 11.0 Å². The number of pyridine rings is 1. The molecular weight excluding hydrogens is 510 g/mol. The van der Waals surface area contributed by atoms with Crippen LogP contribution in [0.15, 0.2) is 84.0 Å². The third kappa shape index (κ3) is 4.90. The van der Waals surface area contributed by atoms with E-state index in [4.69, 9.17) is 4.74 Å². The van der Waals surface area contributed by atoms with Crippen molar-refractivity contribution in [3.8, 4) is 0 Å². The van der Waals surface area contributed by atoms with E-state index in [0.717, 1.165) is 16.1 Å². The van der Waals surface area contributed by atoms with Crippen molar-refractivity contribution in [3.63, 3.8) is 0 Å². The molecule has 2 aromatic carbocycles. The molecule has 1 fully saturated rings. The highest BCUT2D eigenvalue weighted by atomic mass is 32.2. The predicted octanol–water partition coefficient (Wildman–Crippen LogP) is 4.47.